The summed E-state index contributed by atoms with van der Waals surface area (Å²) in [6, 6.07) is 8.83. The molecule has 182 valence electrons. The minimum Gasteiger partial charge on any atom is -0.463 e. The Morgan fingerprint density at radius 2 is 1.00 bits per heavy atom. The largest absolute Gasteiger partial charge is 0.463 e. The Bertz CT molecular complexity index is 580. The van der Waals surface area contributed by atoms with Crippen LogP contribution in [0.4, 0.5) is 0 Å². The molecule has 0 aliphatic heterocycles. The fourth-order valence-corrected chi connectivity index (χ4v) is 2.32. The molecule has 0 heterocycles. The van der Waals surface area contributed by atoms with Crippen LogP contribution in [0.15, 0.2) is 30.3 Å². The van der Waals surface area contributed by atoms with Gasteiger partial charge in [-0.25, -0.2) is 4.79 Å². The van der Waals surface area contributed by atoms with Gasteiger partial charge in [-0.3, -0.25) is 4.79 Å². The highest BCUT2D eigenvalue weighted by Crippen LogP contribution is 2.00. The van der Waals surface area contributed by atoms with Crippen LogP contribution in [-0.4, -0.2) is 91.2 Å². The predicted molar refractivity (Wildman–Crippen MR) is 117 cm³/mol. The Kier molecular flexibility index (Phi) is 18.2. The first-order valence-corrected chi connectivity index (χ1v) is 11.0. The molecule has 0 aromatic heterocycles. The molecule has 0 aliphatic carbocycles. The highest BCUT2D eigenvalue weighted by Gasteiger charge is 2.05. The van der Waals surface area contributed by atoms with Crippen molar-refractivity contribution in [2.75, 3.05) is 79.3 Å². The number of benzene rings is 1. The first-order valence-electron chi connectivity index (χ1n) is 11.0. The third-order valence-electron chi connectivity index (χ3n) is 3.90. The second kappa shape index (κ2) is 20.8. The van der Waals surface area contributed by atoms with Gasteiger partial charge >= 0.3 is 11.9 Å². The Morgan fingerprint density at radius 3 is 1.44 bits per heavy atom. The molecule has 0 radical (unpaired) electrons. The van der Waals surface area contributed by atoms with Gasteiger partial charge < -0.3 is 33.2 Å². The average Bonchev–Trinajstić information content (AvgIpc) is 2.81. The van der Waals surface area contributed by atoms with E-state index in [1.54, 1.807) is 24.3 Å². The number of hydrogen-bond acceptors (Lipinski definition) is 9. The van der Waals surface area contributed by atoms with Crippen molar-refractivity contribution in [2.24, 2.45) is 0 Å². The Balaban J connectivity index is 1.72. The van der Waals surface area contributed by atoms with Crippen molar-refractivity contribution < 1.29 is 42.7 Å². The van der Waals surface area contributed by atoms with E-state index >= 15 is 0 Å². The number of carbonyl (C=O) groups is 2. The molecule has 9 heteroatoms. The van der Waals surface area contributed by atoms with Gasteiger partial charge in [0.2, 0.25) is 0 Å². The minimum absolute atomic E-state index is 0.192. The van der Waals surface area contributed by atoms with Crippen LogP contribution >= 0.6 is 0 Å². The zero-order chi connectivity index (χ0) is 23.1. The number of esters is 2. The normalized spacial score (nSPS) is 10.8. The summed E-state index contributed by atoms with van der Waals surface area (Å²) in [5.41, 5.74) is 0.525. The summed E-state index contributed by atoms with van der Waals surface area (Å²) in [6.45, 7) is 6.74. The van der Waals surface area contributed by atoms with Crippen molar-refractivity contribution in [3.05, 3.63) is 35.9 Å². The lowest BCUT2D eigenvalue weighted by atomic mass is 10.2. The van der Waals surface area contributed by atoms with Crippen LogP contribution in [0.25, 0.3) is 0 Å². The van der Waals surface area contributed by atoms with E-state index in [9.17, 15) is 9.59 Å². The molecule has 1 rings (SSSR count). The topological polar surface area (TPSA) is 98.8 Å². The molecule has 0 unspecified atom stereocenters. The highest BCUT2D eigenvalue weighted by molar-refractivity contribution is 5.89. The fraction of sp³-hybridized carbons (Fsp3) is 0.652. The summed E-state index contributed by atoms with van der Waals surface area (Å²) in [7, 11) is 0. The highest BCUT2D eigenvalue weighted by atomic mass is 16.6. The van der Waals surface area contributed by atoms with Gasteiger partial charge in [0.1, 0.15) is 13.2 Å². The molecule has 0 saturated carbocycles. The molecule has 0 amide bonds. The summed E-state index contributed by atoms with van der Waals surface area (Å²) in [6.07, 6.45) is 1.22. The van der Waals surface area contributed by atoms with Gasteiger partial charge in [0.25, 0.3) is 0 Å². The van der Waals surface area contributed by atoms with Crippen LogP contribution in [0, 0.1) is 0 Å². The maximum atomic E-state index is 11.7. The van der Waals surface area contributed by atoms with E-state index in [-0.39, 0.29) is 25.2 Å². The summed E-state index contributed by atoms with van der Waals surface area (Å²) in [4.78, 5) is 22.8. The summed E-state index contributed by atoms with van der Waals surface area (Å²) < 4.78 is 36.9. The van der Waals surface area contributed by atoms with Crippen LogP contribution in [0.1, 0.15) is 30.1 Å². The van der Waals surface area contributed by atoms with Crippen molar-refractivity contribution in [3.8, 4) is 0 Å². The van der Waals surface area contributed by atoms with Crippen molar-refractivity contribution in [3.63, 3.8) is 0 Å². The monoisotopic (exact) mass is 456 g/mol. The zero-order valence-corrected chi connectivity index (χ0v) is 19.0. The van der Waals surface area contributed by atoms with E-state index in [0.29, 0.717) is 78.1 Å². The van der Waals surface area contributed by atoms with Crippen LogP contribution in [0.5, 0.6) is 0 Å². The molecule has 0 saturated heterocycles. The van der Waals surface area contributed by atoms with E-state index < -0.39 is 0 Å². The van der Waals surface area contributed by atoms with Crippen molar-refractivity contribution in [1.29, 1.82) is 0 Å². The molecule has 0 aliphatic rings. The Labute approximate surface area is 190 Å². The molecule has 0 atom stereocenters. The van der Waals surface area contributed by atoms with Crippen LogP contribution < -0.4 is 0 Å². The van der Waals surface area contributed by atoms with Gasteiger partial charge in [0, 0.05) is 6.42 Å². The van der Waals surface area contributed by atoms with E-state index in [1.807, 2.05) is 13.0 Å². The minimum atomic E-state index is -0.357. The molecule has 9 nitrogen and oxygen atoms in total. The first-order chi connectivity index (χ1) is 15.7. The standard InChI is InChI=1S/C23H36O9/c1-2-6-22(24)31-19-17-29-15-13-27-11-9-26-10-12-28-14-16-30-18-20-32-23(25)21-7-4-3-5-8-21/h3-5,7-8H,2,6,9-20H2,1H3. The number of hydrogen-bond donors (Lipinski definition) is 0. The SMILES string of the molecule is CCCC(=O)OCCOCCOCCOCCOCCOCCOC(=O)c1ccccc1. The molecule has 0 bridgehead atoms. The average molecular weight is 457 g/mol. The van der Waals surface area contributed by atoms with Gasteiger partial charge in [-0.05, 0) is 18.6 Å². The third kappa shape index (κ3) is 16.6. The van der Waals surface area contributed by atoms with Crippen molar-refractivity contribution in [1.82, 2.24) is 0 Å². The first kappa shape index (κ1) is 28.0. The van der Waals surface area contributed by atoms with E-state index in [4.69, 9.17) is 33.2 Å². The molecule has 0 N–H and O–H groups in total. The van der Waals surface area contributed by atoms with Gasteiger partial charge in [0.05, 0.1) is 71.6 Å². The molecular formula is C23H36O9. The molecule has 0 spiro atoms. The second-order valence-electron chi connectivity index (χ2n) is 6.53. The van der Waals surface area contributed by atoms with Gasteiger partial charge in [0.15, 0.2) is 0 Å². The van der Waals surface area contributed by atoms with Crippen molar-refractivity contribution >= 4 is 11.9 Å². The zero-order valence-electron chi connectivity index (χ0n) is 19.0. The molecule has 1 aromatic rings. The molecule has 1 aromatic carbocycles. The van der Waals surface area contributed by atoms with Gasteiger partial charge in [-0.15, -0.1) is 0 Å². The van der Waals surface area contributed by atoms with E-state index in [1.165, 1.54) is 0 Å². The maximum Gasteiger partial charge on any atom is 0.338 e. The number of rotatable bonds is 21. The predicted octanol–water partition coefficient (Wildman–Crippen LogP) is 2.27. The number of ether oxygens (including phenoxy) is 7. The van der Waals surface area contributed by atoms with Crippen LogP contribution in [0.2, 0.25) is 0 Å². The quantitative estimate of drug-likeness (QED) is 0.204. The number of carbonyl (C=O) groups excluding carboxylic acids is 2. The van der Waals surface area contributed by atoms with Crippen LogP contribution in [0.3, 0.4) is 0 Å². The van der Waals surface area contributed by atoms with Crippen LogP contribution in [-0.2, 0) is 38.0 Å². The van der Waals surface area contributed by atoms with Gasteiger partial charge in [-0.1, -0.05) is 25.1 Å². The lowest BCUT2D eigenvalue weighted by molar-refractivity contribution is -0.145. The Morgan fingerprint density at radius 1 is 0.594 bits per heavy atom. The second-order valence-corrected chi connectivity index (χ2v) is 6.53. The lowest BCUT2D eigenvalue weighted by Gasteiger charge is -2.08. The van der Waals surface area contributed by atoms with Crippen molar-refractivity contribution in [2.45, 2.75) is 19.8 Å². The smallest absolute Gasteiger partial charge is 0.338 e. The molecule has 0 fully saturated rings. The van der Waals surface area contributed by atoms with Gasteiger partial charge in [-0.2, -0.15) is 0 Å². The lowest BCUT2D eigenvalue weighted by Crippen LogP contribution is -2.15. The molecular weight excluding hydrogens is 420 g/mol. The summed E-state index contributed by atoms with van der Waals surface area (Å²) in [5.74, 6) is -0.549. The van der Waals surface area contributed by atoms with E-state index in [2.05, 4.69) is 0 Å². The molecule has 32 heavy (non-hydrogen) atoms. The summed E-state index contributed by atoms with van der Waals surface area (Å²) in [5, 5.41) is 0. The fourth-order valence-electron chi connectivity index (χ4n) is 2.32. The maximum absolute atomic E-state index is 11.7. The Hall–Kier alpha value is -2.04. The van der Waals surface area contributed by atoms with E-state index in [0.717, 1.165) is 6.42 Å². The third-order valence-corrected chi connectivity index (χ3v) is 3.90. The summed E-state index contributed by atoms with van der Waals surface area (Å²) >= 11 is 0.